The van der Waals surface area contributed by atoms with Crippen molar-refractivity contribution in [2.75, 3.05) is 0 Å². The summed E-state index contributed by atoms with van der Waals surface area (Å²) in [4.78, 5) is 15.7. The van der Waals surface area contributed by atoms with E-state index in [0.717, 1.165) is 22.4 Å². The summed E-state index contributed by atoms with van der Waals surface area (Å²) >= 11 is 3.61. The van der Waals surface area contributed by atoms with Crippen LogP contribution in [0.4, 0.5) is 0 Å². The molecule has 0 saturated carbocycles. The Bertz CT molecular complexity index is 3520. The molecular formula is C51H30N4S2. The molecule has 4 nitrogen and oxygen atoms in total. The van der Waals surface area contributed by atoms with Crippen molar-refractivity contribution in [2.45, 2.75) is 0 Å². The first-order valence-electron chi connectivity index (χ1n) is 19.0. The molecule has 0 aliphatic heterocycles. The van der Waals surface area contributed by atoms with E-state index in [2.05, 4.69) is 187 Å². The Hall–Kier alpha value is -6.99. The van der Waals surface area contributed by atoms with E-state index in [1.54, 1.807) is 22.7 Å². The molecule has 0 N–H and O–H groups in total. The van der Waals surface area contributed by atoms with Gasteiger partial charge in [-0.3, -0.25) is 0 Å². The van der Waals surface area contributed by atoms with Gasteiger partial charge in [0.15, 0.2) is 17.5 Å². The average molecular weight is 763 g/mol. The Kier molecular flexibility index (Phi) is 7.24. The number of fused-ring (bicyclic) bond motifs is 9. The van der Waals surface area contributed by atoms with Crippen LogP contribution in [0.2, 0.25) is 0 Å². The maximum atomic E-state index is 5.25. The number of hydrogen-bond acceptors (Lipinski definition) is 5. The normalized spacial score (nSPS) is 11.9. The molecule has 57 heavy (non-hydrogen) atoms. The summed E-state index contributed by atoms with van der Waals surface area (Å²) < 4.78 is 7.33. The minimum atomic E-state index is 0.642. The first-order chi connectivity index (χ1) is 28.2. The molecular weight excluding hydrogens is 733 g/mol. The van der Waals surface area contributed by atoms with E-state index >= 15 is 0 Å². The van der Waals surface area contributed by atoms with Gasteiger partial charge in [0.2, 0.25) is 0 Å². The molecule has 12 rings (SSSR count). The second-order valence-electron chi connectivity index (χ2n) is 14.4. The van der Waals surface area contributed by atoms with Crippen LogP contribution in [-0.4, -0.2) is 19.5 Å². The standard InChI is InChI=1S/C51H30N4S2/c1-2-11-31(12-3-1)33-23-27-37-36-13-4-7-17-42(36)55(43(37)29-33)35-25-21-32(22-26-35)49-52-50(34-24-28-39-38-14-5-8-18-44(38)57-47(39)30-34)54-51(53-49)41-16-10-20-46-48(41)40-15-6-9-19-45(40)56-46/h1-30H. The third-order valence-corrected chi connectivity index (χ3v) is 13.4. The van der Waals surface area contributed by atoms with Crippen LogP contribution in [0.5, 0.6) is 0 Å². The van der Waals surface area contributed by atoms with Gasteiger partial charge in [-0.2, -0.15) is 0 Å². The van der Waals surface area contributed by atoms with Crippen molar-refractivity contribution in [3.63, 3.8) is 0 Å². The third-order valence-electron chi connectivity index (χ3n) is 11.1. The van der Waals surface area contributed by atoms with Crippen LogP contribution < -0.4 is 0 Å². The summed E-state index contributed by atoms with van der Waals surface area (Å²) in [7, 11) is 0. The lowest BCUT2D eigenvalue weighted by molar-refractivity contribution is 1.08. The molecule has 0 amide bonds. The summed E-state index contributed by atoms with van der Waals surface area (Å²) in [5.74, 6) is 1.97. The highest BCUT2D eigenvalue weighted by Gasteiger charge is 2.19. The van der Waals surface area contributed by atoms with Gasteiger partial charge in [0, 0.05) is 73.5 Å². The first-order valence-corrected chi connectivity index (χ1v) is 20.6. The van der Waals surface area contributed by atoms with Crippen molar-refractivity contribution in [3.05, 3.63) is 182 Å². The van der Waals surface area contributed by atoms with Gasteiger partial charge in [0.25, 0.3) is 0 Å². The molecule has 0 spiro atoms. The molecule has 266 valence electrons. The number of hydrogen-bond donors (Lipinski definition) is 0. The molecule has 0 saturated heterocycles. The molecule has 4 heterocycles. The van der Waals surface area contributed by atoms with Crippen molar-refractivity contribution in [1.82, 2.24) is 19.5 Å². The Morgan fingerprint density at radius 2 is 0.912 bits per heavy atom. The van der Waals surface area contributed by atoms with Gasteiger partial charge in [0.05, 0.1) is 11.0 Å². The zero-order valence-electron chi connectivity index (χ0n) is 30.4. The summed E-state index contributed by atoms with van der Waals surface area (Å²) in [6.45, 7) is 0. The fourth-order valence-corrected chi connectivity index (χ4v) is 10.7. The molecule has 6 heteroatoms. The number of nitrogens with zero attached hydrogens (tertiary/aromatic N) is 4. The maximum Gasteiger partial charge on any atom is 0.164 e. The van der Waals surface area contributed by atoms with Crippen LogP contribution >= 0.6 is 22.7 Å². The predicted molar refractivity (Wildman–Crippen MR) is 242 cm³/mol. The second-order valence-corrected chi connectivity index (χ2v) is 16.6. The first kappa shape index (κ1) is 32.3. The fraction of sp³-hybridized carbons (Fsp3) is 0. The molecule has 0 aliphatic carbocycles. The molecule has 0 atom stereocenters. The monoisotopic (exact) mass is 762 g/mol. The van der Waals surface area contributed by atoms with E-state index in [-0.39, 0.29) is 0 Å². The maximum absolute atomic E-state index is 5.25. The van der Waals surface area contributed by atoms with Gasteiger partial charge in [0.1, 0.15) is 0 Å². The zero-order valence-corrected chi connectivity index (χ0v) is 32.1. The number of benzene rings is 8. The van der Waals surface area contributed by atoms with Crippen molar-refractivity contribution in [2.24, 2.45) is 0 Å². The lowest BCUT2D eigenvalue weighted by atomic mass is 10.0. The van der Waals surface area contributed by atoms with Crippen molar-refractivity contribution in [3.8, 4) is 51.0 Å². The highest BCUT2D eigenvalue weighted by molar-refractivity contribution is 7.26. The van der Waals surface area contributed by atoms with Gasteiger partial charge < -0.3 is 4.57 Å². The summed E-state index contributed by atoms with van der Waals surface area (Å²) in [6, 6.07) is 65.0. The average Bonchev–Trinajstić information content (AvgIpc) is 3.95. The van der Waals surface area contributed by atoms with E-state index in [1.165, 1.54) is 73.3 Å². The third kappa shape index (κ3) is 5.22. The smallest absolute Gasteiger partial charge is 0.164 e. The second kappa shape index (κ2) is 12.8. The summed E-state index contributed by atoms with van der Waals surface area (Å²) in [5, 5.41) is 7.38. The molecule has 4 aromatic heterocycles. The van der Waals surface area contributed by atoms with Crippen molar-refractivity contribution >= 4 is 84.8 Å². The molecule has 0 unspecified atom stereocenters. The summed E-state index contributed by atoms with van der Waals surface area (Å²) in [5.41, 5.74) is 8.72. The lowest BCUT2D eigenvalue weighted by Crippen LogP contribution is -2.01. The Labute approximate surface area is 335 Å². The molecule has 0 fully saturated rings. The Balaban J connectivity index is 1.04. The number of thiophene rings is 2. The van der Waals surface area contributed by atoms with Gasteiger partial charge in [-0.25, -0.2) is 15.0 Å². The van der Waals surface area contributed by atoms with E-state index < -0.39 is 0 Å². The van der Waals surface area contributed by atoms with E-state index in [4.69, 9.17) is 15.0 Å². The summed E-state index contributed by atoms with van der Waals surface area (Å²) in [6.07, 6.45) is 0. The van der Waals surface area contributed by atoms with Crippen LogP contribution in [0.25, 0.3) is 113 Å². The van der Waals surface area contributed by atoms with Gasteiger partial charge in [-0.1, -0.05) is 121 Å². The molecule has 12 aromatic rings. The van der Waals surface area contributed by atoms with Gasteiger partial charge >= 0.3 is 0 Å². The van der Waals surface area contributed by atoms with Crippen molar-refractivity contribution < 1.29 is 0 Å². The SMILES string of the molecule is c1ccc(-c2ccc3c4ccccc4n(-c4ccc(-c5nc(-c6ccc7c(c6)sc6ccccc67)nc(-c6cccc7sc8ccccc8c67)n5)cc4)c3c2)cc1. The van der Waals surface area contributed by atoms with E-state index in [0.29, 0.717) is 17.5 Å². The highest BCUT2D eigenvalue weighted by Crippen LogP contribution is 2.41. The van der Waals surface area contributed by atoms with Crippen LogP contribution in [0.1, 0.15) is 0 Å². The van der Waals surface area contributed by atoms with Crippen LogP contribution in [0.3, 0.4) is 0 Å². The Morgan fingerprint density at radius 1 is 0.333 bits per heavy atom. The van der Waals surface area contributed by atoms with Crippen LogP contribution in [-0.2, 0) is 0 Å². The topological polar surface area (TPSA) is 43.6 Å². The number of para-hydroxylation sites is 1. The van der Waals surface area contributed by atoms with Crippen LogP contribution in [0, 0.1) is 0 Å². The predicted octanol–water partition coefficient (Wildman–Crippen LogP) is 14.4. The minimum absolute atomic E-state index is 0.642. The quantitative estimate of drug-likeness (QED) is 0.175. The van der Waals surface area contributed by atoms with Crippen molar-refractivity contribution in [1.29, 1.82) is 0 Å². The van der Waals surface area contributed by atoms with E-state index in [1.807, 2.05) is 0 Å². The molecule has 8 aromatic carbocycles. The lowest BCUT2D eigenvalue weighted by Gasteiger charge is -2.12. The Morgan fingerprint density at radius 3 is 1.75 bits per heavy atom. The van der Waals surface area contributed by atoms with E-state index in [9.17, 15) is 0 Å². The fourth-order valence-electron chi connectivity index (χ4n) is 8.40. The molecule has 0 aliphatic rings. The molecule has 0 bridgehead atoms. The van der Waals surface area contributed by atoms with Gasteiger partial charge in [-0.15, -0.1) is 22.7 Å². The minimum Gasteiger partial charge on any atom is -0.309 e. The largest absolute Gasteiger partial charge is 0.309 e. The molecule has 0 radical (unpaired) electrons. The van der Waals surface area contributed by atoms with Gasteiger partial charge in [-0.05, 0) is 71.8 Å². The van der Waals surface area contributed by atoms with Crippen LogP contribution in [0.15, 0.2) is 182 Å². The number of aromatic nitrogens is 4. The number of rotatable bonds is 5. The highest BCUT2D eigenvalue weighted by atomic mass is 32.1. The zero-order chi connectivity index (χ0) is 37.5.